The Labute approximate surface area is 105 Å². The van der Waals surface area contributed by atoms with Crippen molar-refractivity contribution in [3.63, 3.8) is 0 Å². The summed E-state index contributed by atoms with van der Waals surface area (Å²) in [6.45, 7) is 2.63. The van der Waals surface area contributed by atoms with Gasteiger partial charge in [0.25, 0.3) is 0 Å². The molecule has 0 aliphatic carbocycles. The molecule has 0 saturated heterocycles. The van der Waals surface area contributed by atoms with Gasteiger partial charge in [-0.05, 0) is 48.4 Å². The fourth-order valence-corrected chi connectivity index (χ4v) is 1.86. The lowest BCUT2D eigenvalue weighted by molar-refractivity contribution is 0.628. The van der Waals surface area contributed by atoms with Crippen molar-refractivity contribution in [1.82, 2.24) is 0 Å². The molecule has 0 radical (unpaired) electrons. The molecule has 88 valence electrons. The molecule has 0 aromatic heterocycles. The van der Waals surface area contributed by atoms with Gasteiger partial charge in [0.05, 0.1) is 0 Å². The van der Waals surface area contributed by atoms with Crippen molar-refractivity contribution in [3.05, 3.63) is 64.4 Å². The molecule has 2 aromatic carbocycles. The summed E-state index contributed by atoms with van der Waals surface area (Å²) in [6, 6.07) is 12.2. The molecule has 3 heteroatoms. The zero-order valence-corrected chi connectivity index (χ0v) is 10.3. The average molecular weight is 250 g/mol. The lowest BCUT2D eigenvalue weighted by Crippen LogP contribution is -2.00. The highest BCUT2D eigenvalue weighted by atomic mass is 35.5. The van der Waals surface area contributed by atoms with E-state index in [1.165, 1.54) is 12.1 Å². The maximum absolute atomic E-state index is 12.7. The Balaban J connectivity index is 2.04. The number of hydrogen-bond acceptors (Lipinski definition) is 1. The largest absolute Gasteiger partial charge is 0.381 e. The molecular formula is C14H13ClFN. The molecule has 2 aromatic rings. The van der Waals surface area contributed by atoms with Crippen LogP contribution in [0, 0.1) is 12.7 Å². The first-order valence-electron chi connectivity index (χ1n) is 5.39. The molecule has 0 saturated carbocycles. The lowest BCUT2D eigenvalue weighted by Gasteiger charge is -2.08. The summed E-state index contributed by atoms with van der Waals surface area (Å²) in [6.07, 6.45) is 0. The molecule has 0 fully saturated rings. The molecule has 17 heavy (non-hydrogen) atoms. The van der Waals surface area contributed by atoms with E-state index in [0.29, 0.717) is 6.54 Å². The van der Waals surface area contributed by atoms with Gasteiger partial charge in [0.1, 0.15) is 5.82 Å². The van der Waals surface area contributed by atoms with Gasteiger partial charge < -0.3 is 5.32 Å². The zero-order chi connectivity index (χ0) is 12.3. The van der Waals surface area contributed by atoms with Gasteiger partial charge in [-0.2, -0.15) is 0 Å². The van der Waals surface area contributed by atoms with Gasteiger partial charge in [-0.3, -0.25) is 0 Å². The second-order valence-corrected chi connectivity index (χ2v) is 4.36. The minimum absolute atomic E-state index is 0.232. The molecule has 1 N–H and O–H groups in total. The van der Waals surface area contributed by atoms with Crippen LogP contribution in [0.2, 0.25) is 5.02 Å². The summed E-state index contributed by atoms with van der Waals surface area (Å²) in [5, 5.41) is 3.95. The number of benzene rings is 2. The van der Waals surface area contributed by atoms with Crippen LogP contribution < -0.4 is 5.32 Å². The third-order valence-electron chi connectivity index (χ3n) is 2.54. The van der Waals surface area contributed by atoms with Gasteiger partial charge in [-0.15, -0.1) is 0 Å². The zero-order valence-electron chi connectivity index (χ0n) is 9.50. The molecule has 0 aliphatic rings. The Hall–Kier alpha value is -1.54. The third kappa shape index (κ3) is 3.21. The van der Waals surface area contributed by atoms with Crippen molar-refractivity contribution in [2.45, 2.75) is 13.5 Å². The third-order valence-corrected chi connectivity index (χ3v) is 2.89. The van der Waals surface area contributed by atoms with Crippen LogP contribution in [0.3, 0.4) is 0 Å². The maximum Gasteiger partial charge on any atom is 0.123 e. The van der Waals surface area contributed by atoms with E-state index in [9.17, 15) is 4.39 Å². The highest BCUT2D eigenvalue weighted by Crippen LogP contribution is 2.19. The van der Waals surface area contributed by atoms with Crippen molar-refractivity contribution >= 4 is 17.3 Å². The number of anilines is 1. The van der Waals surface area contributed by atoms with Crippen LogP contribution in [0.15, 0.2) is 42.5 Å². The maximum atomic E-state index is 12.7. The first kappa shape index (κ1) is 11.9. The van der Waals surface area contributed by atoms with Crippen LogP contribution >= 0.6 is 11.6 Å². The fraction of sp³-hybridized carbons (Fsp3) is 0.143. The fourth-order valence-electron chi connectivity index (χ4n) is 1.56. The molecule has 1 nitrogen and oxygen atoms in total. The van der Waals surface area contributed by atoms with Crippen molar-refractivity contribution in [1.29, 1.82) is 0 Å². The smallest absolute Gasteiger partial charge is 0.123 e. The van der Waals surface area contributed by atoms with Crippen LogP contribution in [0.4, 0.5) is 10.1 Å². The molecule has 0 amide bonds. The molecule has 2 rings (SSSR count). The van der Waals surface area contributed by atoms with Crippen LogP contribution in [-0.4, -0.2) is 0 Å². The van der Waals surface area contributed by atoms with Crippen LogP contribution in [0.5, 0.6) is 0 Å². The Kier molecular flexibility index (Phi) is 3.64. The van der Waals surface area contributed by atoms with E-state index in [1.54, 1.807) is 12.1 Å². The van der Waals surface area contributed by atoms with Gasteiger partial charge in [-0.25, -0.2) is 4.39 Å². The first-order chi connectivity index (χ1) is 8.15. The Morgan fingerprint density at radius 3 is 2.47 bits per heavy atom. The van der Waals surface area contributed by atoms with E-state index in [4.69, 9.17) is 11.6 Å². The minimum atomic E-state index is -0.232. The quantitative estimate of drug-likeness (QED) is 0.850. The number of halogens is 2. The van der Waals surface area contributed by atoms with Crippen LogP contribution in [-0.2, 0) is 6.54 Å². The molecule has 0 atom stereocenters. The molecule has 0 heterocycles. The summed E-state index contributed by atoms with van der Waals surface area (Å²) in [4.78, 5) is 0. The second-order valence-electron chi connectivity index (χ2n) is 3.96. The van der Waals surface area contributed by atoms with Crippen molar-refractivity contribution in [2.24, 2.45) is 0 Å². The number of aryl methyl sites for hydroxylation is 1. The van der Waals surface area contributed by atoms with Crippen LogP contribution in [0.1, 0.15) is 11.1 Å². The Bertz CT molecular complexity index is 508. The summed E-state index contributed by atoms with van der Waals surface area (Å²) >= 11 is 6.12. The Morgan fingerprint density at radius 1 is 1.12 bits per heavy atom. The highest BCUT2D eigenvalue weighted by Gasteiger charge is 2.00. The molecular weight excluding hydrogens is 237 g/mol. The summed E-state index contributed by atoms with van der Waals surface area (Å²) in [5.41, 5.74) is 3.05. The Morgan fingerprint density at radius 2 is 1.82 bits per heavy atom. The van der Waals surface area contributed by atoms with Gasteiger partial charge in [0.15, 0.2) is 0 Å². The molecule has 0 bridgehead atoms. The predicted molar refractivity (Wildman–Crippen MR) is 69.9 cm³/mol. The van der Waals surface area contributed by atoms with Crippen molar-refractivity contribution in [2.75, 3.05) is 5.32 Å². The molecule has 0 aliphatic heterocycles. The van der Waals surface area contributed by atoms with E-state index >= 15 is 0 Å². The van der Waals surface area contributed by atoms with E-state index < -0.39 is 0 Å². The normalized spacial score (nSPS) is 10.3. The summed E-state index contributed by atoms with van der Waals surface area (Å²) in [5.74, 6) is -0.232. The van der Waals surface area contributed by atoms with E-state index in [0.717, 1.165) is 21.8 Å². The predicted octanol–water partition coefficient (Wildman–Crippen LogP) is 4.40. The number of hydrogen-bond donors (Lipinski definition) is 1. The van der Waals surface area contributed by atoms with Gasteiger partial charge in [-0.1, -0.05) is 23.7 Å². The van der Waals surface area contributed by atoms with Crippen molar-refractivity contribution < 1.29 is 4.39 Å². The van der Waals surface area contributed by atoms with E-state index in [2.05, 4.69) is 5.32 Å². The van der Waals surface area contributed by atoms with Crippen LogP contribution in [0.25, 0.3) is 0 Å². The molecule has 0 spiro atoms. The highest BCUT2D eigenvalue weighted by molar-refractivity contribution is 6.31. The van der Waals surface area contributed by atoms with Gasteiger partial charge in [0.2, 0.25) is 0 Å². The standard InChI is InChI=1S/C14H13ClFN/c1-10-2-3-11(14(15)8-10)9-17-13-6-4-12(16)5-7-13/h2-8,17H,9H2,1H3. The van der Waals surface area contributed by atoms with E-state index in [1.807, 2.05) is 25.1 Å². The van der Waals surface area contributed by atoms with E-state index in [-0.39, 0.29) is 5.82 Å². The monoisotopic (exact) mass is 249 g/mol. The number of nitrogens with one attached hydrogen (secondary N) is 1. The van der Waals surface area contributed by atoms with Gasteiger partial charge in [0, 0.05) is 17.3 Å². The molecule has 0 unspecified atom stereocenters. The van der Waals surface area contributed by atoms with Gasteiger partial charge >= 0.3 is 0 Å². The summed E-state index contributed by atoms with van der Waals surface area (Å²) < 4.78 is 12.7. The topological polar surface area (TPSA) is 12.0 Å². The SMILES string of the molecule is Cc1ccc(CNc2ccc(F)cc2)c(Cl)c1. The minimum Gasteiger partial charge on any atom is -0.381 e. The second kappa shape index (κ2) is 5.19. The first-order valence-corrected chi connectivity index (χ1v) is 5.77. The average Bonchev–Trinajstić information content (AvgIpc) is 2.30. The van der Waals surface area contributed by atoms with Crippen molar-refractivity contribution in [3.8, 4) is 0 Å². The lowest BCUT2D eigenvalue weighted by atomic mass is 10.1. The number of rotatable bonds is 3. The summed E-state index contributed by atoms with van der Waals surface area (Å²) in [7, 11) is 0.